The summed E-state index contributed by atoms with van der Waals surface area (Å²) >= 11 is 0. The van der Waals surface area contributed by atoms with E-state index in [0.29, 0.717) is 12.2 Å². The van der Waals surface area contributed by atoms with Gasteiger partial charge < -0.3 is 10.4 Å². The normalized spacial score (nSPS) is 8.50. The van der Waals surface area contributed by atoms with Crippen LogP contribution < -0.4 is 5.32 Å². The van der Waals surface area contributed by atoms with E-state index >= 15 is 0 Å². The lowest BCUT2D eigenvalue weighted by molar-refractivity contribution is 0.0691. The summed E-state index contributed by atoms with van der Waals surface area (Å²) in [4.78, 5) is 14.3. The van der Waals surface area contributed by atoms with Gasteiger partial charge in [-0.1, -0.05) is 13.8 Å². The van der Waals surface area contributed by atoms with Crippen molar-refractivity contribution in [2.75, 3.05) is 11.9 Å². The van der Waals surface area contributed by atoms with Crippen LogP contribution in [0.3, 0.4) is 0 Å². The lowest BCUT2D eigenvalue weighted by Crippen LogP contribution is -2.07. The van der Waals surface area contributed by atoms with Crippen LogP contribution in [0.25, 0.3) is 0 Å². The first-order chi connectivity index (χ1) is 6.75. The van der Waals surface area contributed by atoms with Gasteiger partial charge in [0.25, 0.3) is 0 Å². The molecule has 0 spiro atoms. The quantitative estimate of drug-likeness (QED) is 0.778. The van der Waals surface area contributed by atoms with Crippen molar-refractivity contribution in [3.63, 3.8) is 0 Å². The second-order valence-corrected chi connectivity index (χ2v) is 2.24. The lowest BCUT2D eigenvalue weighted by Gasteiger charge is -2.04. The van der Waals surface area contributed by atoms with Gasteiger partial charge in [0.2, 0.25) is 0 Å². The highest BCUT2D eigenvalue weighted by atomic mass is 16.4. The number of aromatic carboxylic acids is 1. The minimum Gasteiger partial charge on any atom is -0.476 e. The number of aromatic nitrogens is 1. The van der Waals surface area contributed by atoms with Crippen molar-refractivity contribution in [3.05, 3.63) is 24.0 Å². The van der Waals surface area contributed by atoms with Crippen LogP contribution in [0.15, 0.2) is 18.3 Å². The zero-order chi connectivity index (χ0) is 11.0. The first-order valence-corrected chi connectivity index (χ1v) is 4.68. The van der Waals surface area contributed by atoms with Crippen LogP contribution in [0.5, 0.6) is 0 Å². The van der Waals surface area contributed by atoms with Gasteiger partial charge in [0.1, 0.15) is 0 Å². The van der Waals surface area contributed by atoms with Crippen molar-refractivity contribution < 1.29 is 9.90 Å². The molecule has 1 rings (SSSR count). The minimum atomic E-state index is -1.01. The lowest BCUT2D eigenvalue weighted by atomic mass is 10.3. The molecule has 0 aliphatic rings. The second-order valence-electron chi connectivity index (χ2n) is 2.24. The standard InChI is InChI=1S/C8H10N2O2.C2H6/c1-2-9-6-4-3-5-10-7(6)8(11)12;1-2/h3-5,9H,2H2,1H3,(H,11,12);1-2H3. The average Bonchev–Trinajstić information content (AvgIpc) is 2.22. The Kier molecular flexibility index (Phi) is 6.11. The number of hydrogen-bond acceptors (Lipinski definition) is 3. The van der Waals surface area contributed by atoms with Crippen molar-refractivity contribution >= 4 is 11.7 Å². The number of carbonyl (C=O) groups is 1. The Labute approximate surface area is 84.0 Å². The van der Waals surface area contributed by atoms with Gasteiger partial charge in [0, 0.05) is 12.7 Å². The zero-order valence-electron chi connectivity index (χ0n) is 8.74. The van der Waals surface area contributed by atoms with Crippen molar-refractivity contribution in [1.82, 2.24) is 4.98 Å². The van der Waals surface area contributed by atoms with Crippen molar-refractivity contribution in [1.29, 1.82) is 0 Å². The van der Waals surface area contributed by atoms with Gasteiger partial charge in [0.05, 0.1) is 5.69 Å². The number of carboxylic acid groups (broad SMARTS) is 1. The smallest absolute Gasteiger partial charge is 0.356 e. The summed E-state index contributed by atoms with van der Waals surface area (Å²) in [5, 5.41) is 11.6. The number of nitrogens with zero attached hydrogens (tertiary/aromatic N) is 1. The molecule has 0 amide bonds. The molecule has 0 saturated heterocycles. The average molecular weight is 196 g/mol. The Balaban J connectivity index is 0.000000791. The van der Waals surface area contributed by atoms with Gasteiger partial charge in [-0.15, -0.1) is 0 Å². The molecule has 2 N–H and O–H groups in total. The summed E-state index contributed by atoms with van der Waals surface area (Å²) in [7, 11) is 0. The largest absolute Gasteiger partial charge is 0.476 e. The van der Waals surface area contributed by atoms with E-state index in [1.54, 1.807) is 12.1 Å². The predicted octanol–water partition coefficient (Wildman–Crippen LogP) is 2.24. The van der Waals surface area contributed by atoms with Gasteiger partial charge >= 0.3 is 5.97 Å². The summed E-state index contributed by atoms with van der Waals surface area (Å²) < 4.78 is 0. The zero-order valence-corrected chi connectivity index (χ0v) is 8.74. The van der Waals surface area contributed by atoms with E-state index < -0.39 is 5.97 Å². The summed E-state index contributed by atoms with van der Waals surface area (Å²) in [5.41, 5.74) is 0.631. The summed E-state index contributed by atoms with van der Waals surface area (Å²) in [6.07, 6.45) is 1.46. The highest BCUT2D eigenvalue weighted by molar-refractivity contribution is 5.91. The van der Waals surface area contributed by atoms with Gasteiger partial charge in [-0.05, 0) is 19.1 Å². The third-order valence-electron chi connectivity index (χ3n) is 1.38. The first kappa shape index (κ1) is 12.4. The van der Waals surface area contributed by atoms with E-state index in [9.17, 15) is 4.79 Å². The van der Waals surface area contributed by atoms with Gasteiger partial charge in [0.15, 0.2) is 5.69 Å². The molecule has 4 nitrogen and oxygen atoms in total. The van der Waals surface area contributed by atoms with Gasteiger partial charge in [-0.2, -0.15) is 0 Å². The van der Waals surface area contributed by atoms with Crippen molar-refractivity contribution in [2.45, 2.75) is 20.8 Å². The topological polar surface area (TPSA) is 62.2 Å². The highest BCUT2D eigenvalue weighted by Crippen LogP contribution is 2.10. The molecule has 0 fully saturated rings. The van der Waals surface area contributed by atoms with E-state index in [1.807, 2.05) is 20.8 Å². The molecule has 14 heavy (non-hydrogen) atoms. The molecular weight excluding hydrogens is 180 g/mol. The predicted molar refractivity (Wildman–Crippen MR) is 56.7 cm³/mol. The maximum Gasteiger partial charge on any atom is 0.356 e. The SMILES string of the molecule is CC.CCNc1cccnc1C(=O)O. The summed E-state index contributed by atoms with van der Waals surface area (Å²) in [6, 6.07) is 3.39. The Bertz CT molecular complexity index is 287. The Morgan fingerprint density at radius 2 is 2.21 bits per heavy atom. The Hall–Kier alpha value is -1.58. The maximum atomic E-state index is 10.6. The number of hydrogen-bond donors (Lipinski definition) is 2. The molecule has 0 aromatic carbocycles. The van der Waals surface area contributed by atoms with E-state index in [4.69, 9.17) is 5.11 Å². The fourth-order valence-corrected chi connectivity index (χ4v) is 0.909. The second kappa shape index (κ2) is 6.88. The first-order valence-electron chi connectivity index (χ1n) is 4.68. The molecule has 0 aliphatic carbocycles. The number of rotatable bonds is 3. The van der Waals surface area contributed by atoms with Crippen LogP contribution in [0.2, 0.25) is 0 Å². The monoisotopic (exact) mass is 196 g/mol. The van der Waals surface area contributed by atoms with Crippen molar-refractivity contribution in [3.8, 4) is 0 Å². The molecule has 1 aromatic heterocycles. The van der Waals surface area contributed by atoms with E-state index in [1.165, 1.54) is 6.20 Å². The van der Waals surface area contributed by atoms with Crippen LogP contribution in [0, 0.1) is 0 Å². The summed E-state index contributed by atoms with van der Waals surface area (Å²) in [6.45, 7) is 6.59. The van der Waals surface area contributed by atoms with E-state index in [0.717, 1.165) is 0 Å². The molecule has 0 radical (unpaired) electrons. The van der Waals surface area contributed by atoms with Crippen LogP contribution in [0.4, 0.5) is 5.69 Å². The third-order valence-corrected chi connectivity index (χ3v) is 1.38. The molecule has 1 heterocycles. The third kappa shape index (κ3) is 3.43. The fraction of sp³-hybridized carbons (Fsp3) is 0.400. The summed E-state index contributed by atoms with van der Waals surface area (Å²) in [5.74, 6) is -1.01. The molecular formula is C10H16N2O2. The number of carboxylic acids is 1. The van der Waals surface area contributed by atoms with Gasteiger partial charge in [-0.3, -0.25) is 0 Å². The van der Waals surface area contributed by atoms with E-state index in [2.05, 4.69) is 10.3 Å². The number of nitrogens with one attached hydrogen (secondary N) is 1. The molecule has 0 saturated carbocycles. The van der Waals surface area contributed by atoms with Crippen molar-refractivity contribution in [2.24, 2.45) is 0 Å². The van der Waals surface area contributed by atoms with Crippen LogP contribution >= 0.6 is 0 Å². The highest BCUT2D eigenvalue weighted by Gasteiger charge is 2.08. The molecule has 0 bridgehead atoms. The van der Waals surface area contributed by atoms with Gasteiger partial charge in [-0.25, -0.2) is 9.78 Å². The molecule has 0 atom stereocenters. The maximum absolute atomic E-state index is 10.6. The van der Waals surface area contributed by atoms with Crippen LogP contribution in [0.1, 0.15) is 31.3 Å². The fourth-order valence-electron chi connectivity index (χ4n) is 0.909. The van der Waals surface area contributed by atoms with Crippen LogP contribution in [-0.4, -0.2) is 22.6 Å². The van der Waals surface area contributed by atoms with E-state index in [-0.39, 0.29) is 5.69 Å². The number of pyridine rings is 1. The molecule has 4 heteroatoms. The van der Waals surface area contributed by atoms with Crippen LogP contribution in [-0.2, 0) is 0 Å². The molecule has 78 valence electrons. The Morgan fingerprint density at radius 3 is 2.71 bits per heavy atom. The molecule has 1 aromatic rings. The number of anilines is 1. The molecule has 0 aliphatic heterocycles. The Morgan fingerprint density at radius 1 is 1.57 bits per heavy atom. The molecule has 0 unspecified atom stereocenters. The minimum absolute atomic E-state index is 0.0688.